The summed E-state index contributed by atoms with van der Waals surface area (Å²) in [6, 6.07) is 16.1. The maximum Gasteiger partial charge on any atom is 0.271 e. The van der Waals surface area contributed by atoms with Gasteiger partial charge in [0.1, 0.15) is 12.4 Å². The summed E-state index contributed by atoms with van der Waals surface area (Å²) < 4.78 is 5.98. The van der Waals surface area contributed by atoms with Crippen molar-refractivity contribution in [1.29, 1.82) is 0 Å². The van der Waals surface area contributed by atoms with Crippen molar-refractivity contribution >= 4 is 27.8 Å². The van der Waals surface area contributed by atoms with Crippen LogP contribution in [0.4, 0.5) is 16.5 Å². The number of hydrogen-bond acceptors (Lipinski definition) is 8. The van der Waals surface area contributed by atoms with Gasteiger partial charge < -0.3 is 10.1 Å². The summed E-state index contributed by atoms with van der Waals surface area (Å²) in [5.74, 6) is 0.698. The molecule has 0 aliphatic heterocycles. The largest absolute Gasteiger partial charge is 0.488 e. The third-order valence-corrected chi connectivity index (χ3v) is 5.23. The van der Waals surface area contributed by atoms with Gasteiger partial charge in [0, 0.05) is 24.5 Å². The van der Waals surface area contributed by atoms with Crippen LogP contribution in [0, 0.1) is 17.0 Å². The molecule has 0 spiro atoms. The molecule has 0 saturated heterocycles. The van der Waals surface area contributed by atoms with E-state index >= 15 is 0 Å². The van der Waals surface area contributed by atoms with E-state index in [1.807, 2.05) is 43.3 Å². The Bertz CT molecular complexity index is 1180. The summed E-state index contributed by atoms with van der Waals surface area (Å²) >= 11 is 1.35. The number of anilines is 2. The monoisotopic (exact) mass is 419 g/mol. The Hall–Kier alpha value is -3.85. The van der Waals surface area contributed by atoms with E-state index in [1.165, 1.54) is 23.5 Å². The third kappa shape index (κ3) is 4.41. The van der Waals surface area contributed by atoms with Crippen LogP contribution >= 0.6 is 11.3 Å². The first-order chi connectivity index (χ1) is 14.6. The van der Waals surface area contributed by atoms with Gasteiger partial charge in [-0.2, -0.15) is 0 Å². The first-order valence-electron chi connectivity index (χ1n) is 9.07. The number of aromatic nitrogens is 3. The Balaban J connectivity index is 1.55. The number of hydrogen-bond donors (Lipinski definition) is 1. The predicted molar refractivity (Wildman–Crippen MR) is 115 cm³/mol. The highest BCUT2D eigenvalue weighted by molar-refractivity contribution is 7.18. The fourth-order valence-electron chi connectivity index (χ4n) is 2.77. The molecule has 2 aromatic heterocycles. The van der Waals surface area contributed by atoms with Crippen molar-refractivity contribution in [2.75, 3.05) is 5.32 Å². The van der Waals surface area contributed by atoms with Gasteiger partial charge in [0.15, 0.2) is 5.01 Å². The van der Waals surface area contributed by atoms with Gasteiger partial charge in [-0.1, -0.05) is 29.5 Å². The lowest BCUT2D eigenvalue weighted by Gasteiger charge is -2.09. The van der Waals surface area contributed by atoms with Crippen molar-refractivity contribution in [3.8, 4) is 16.3 Å². The topological polar surface area (TPSA) is 103 Å². The number of nitro groups is 1. The molecular formula is C21H17N5O3S. The van der Waals surface area contributed by atoms with Crippen LogP contribution in [0.2, 0.25) is 0 Å². The van der Waals surface area contributed by atoms with E-state index in [9.17, 15) is 10.1 Å². The molecule has 0 atom stereocenters. The second-order valence-electron chi connectivity index (χ2n) is 6.43. The molecule has 4 aromatic rings. The van der Waals surface area contributed by atoms with Gasteiger partial charge in [-0.15, -0.1) is 10.2 Å². The Morgan fingerprint density at radius 2 is 1.90 bits per heavy atom. The number of aryl methyl sites for hydroxylation is 1. The number of non-ortho nitro benzene ring substituents is 1. The van der Waals surface area contributed by atoms with E-state index in [0.29, 0.717) is 28.2 Å². The van der Waals surface area contributed by atoms with E-state index < -0.39 is 4.92 Å². The lowest BCUT2D eigenvalue weighted by atomic mass is 10.2. The van der Waals surface area contributed by atoms with Crippen LogP contribution in [0.25, 0.3) is 10.6 Å². The Morgan fingerprint density at radius 1 is 1.10 bits per heavy atom. The van der Waals surface area contributed by atoms with E-state index in [4.69, 9.17) is 4.74 Å². The molecule has 2 aromatic carbocycles. The second kappa shape index (κ2) is 8.66. The highest BCUT2D eigenvalue weighted by atomic mass is 32.1. The van der Waals surface area contributed by atoms with E-state index in [2.05, 4.69) is 20.5 Å². The van der Waals surface area contributed by atoms with Crippen LogP contribution in [0.3, 0.4) is 0 Å². The zero-order valence-electron chi connectivity index (χ0n) is 16.0. The summed E-state index contributed by atoms with van der Waals surface area (Å²) in [6.07, 6.45) is 3.45. The molecule has 0 amide bonds. The predicted octanol–water partition coefficient (Wildman–Crippen LogP) is 5.14. The second-order valence-corrected chi connectivity index (χ2v) is 7.41. The van der Waals surface area contributed by atoms with Gasteiger partial charge in [0.25, 0.3) is 5.69 Å². The third-order valence-electron chi connectivity index (χ3n) is 4.36. The van der Waals surface area contributed by atoms with Crippen LogP contribution < -0.4 is 10.1 Å². The summed E-state index contributed by atoms with van der Waals surface area (Å²) in [7, 11) is 0. The summed E-state index contributed by atoms with van der Waals surface area (Å²) in [6.45, 7) is 2.28. The molecule has 0 aliphatic carbocycles. The molecule has 2 heterocycles. The maximum atomic E-state index is 11.0. The molecule has 0 unspecified atom stereocenters. The molecular weight excluding hydrogens is 402 g/mol. The van der Waals surface area contributed by atoms with Crippen molar-refractivity contribution in [1.82, 2.24) is 15.2 Å². The molecule has 9 heteroatoms. The van der Waals surface area contributed by atoms with Crippen LogP contribution in [0.1, 0.15) is 11.1 Å². The van der Waals surface area contributed by atoms with E-state index in [-0.39, 0.29) is 5.69 Å². The Labute approximate surface area is 176 Å². The molecule has 150 valence electrons. The minimum atomic E-state index is -0.424. The van der Waals surface area contributed by atoms with Gasteiger partial charge in [-0.25, -0.2) is 0 Å². The molecule has 0 radical (unpaired) electrons. The van der Waals surface area contributed by atoms with E-state index in [0.717, 1.165) is 16.7 Å². The minimum absolute atomic E-state index is 0.0164. The smallest absolute Gasteiger partial charge is 0.271 e. The molecule has 0 saturated carbocycles. The number of benzene rings is 2. The molecule has 1 N–H and O–H groups in total. The van der Waals surface area contributed by atoms with Crippen molar-refractivity contribution in [2.45, 2.75) is 13.5 Å². The molecule has 0 bridgehead atoms. The number of rotatable bonds is 7. The zero-order valence-corrected chi connectivity index (χ0v) is 16.8. The van der Waals surface area contributed by atoms with Crippen LogP contribution in [-0.2, 0) is 6.61 Å². The SMILES string of the molecule is Cc1ccc([N+](=O)[O-])cc1Nc1nnc(-c2ccccc2OCc2ccncc2)s1. The number of nitrogens with one attached hydrogen (secondary N) is 1. The number of nitrogens with zero attached hydrogens (tertiary/aromatic N) is 4. The first-order valence-corrected chi connectivity index (χ1v) is 9.88. The average Bonchev–Trinajstić information content (AvgIpc) is 3.23. The lowest BCUT2D eigenvalue weighted by Crippen LogP contribution is -1.96. The van der Waals surface area contributed by atoms with Gasteiger partial charge in [-0.3, -0.25) is 15.1 Å². The Kier molecular flexibility index (Phi) is 5.62. The number of nitro benzene ring substituents is 1. The molecule has 4 rings (SSSR count). The standard InChI is InChI=1S/C21H17N5O3S/c1-14-6-7-16(26(27)28)12-18(14)23-21-25-24-20(30-21)17-4-2-3-5-19(17)29-13-15-8-10-22-11-9-15/h2-12H,13H2,1H3,(H,23,25). The Morgan fingerprint density at radius 3 is 2.70 bits per heavy atom. The van der Waals surface area contributed by atoms with E-state index in [1.54, 1.807) is 18.5 Å². The fraction of sp³-hybridized carbons (Fsp3) is 0.0952. The summed E-state index contributed by atoms with van der Waals surface area (Å²) in [4.78, 5) is 14.6. The van der Waals surface area contributed by atoms with Crippen LogP contribution in [0.5, 0.6) is 5.75 Å². The highest BCUT2D eigenvalue weighted by Gasteiger charge is 2.14. The molecule has 0 aliphatic rings. The van der Waals surface area contributed by atoms with Crippen LogP contribution in [-0.4, -0.2) is 20.1 Å². The maximum absolute atomic E-state index is 11.0. The zero-order chi connectivity index (χ0) is 20.9. The first kappa shape index (κ1) is 19.5. The van der Waals surface area contributed by atoms with Gasteiger partial charge in [-0.05, 0) is 42.3 Å². The average molecular weight is 419 g/mol. The molecule has 8 nitrogen and oxygen atoms in total. The number of pyridine rings is 1. The number of ether oxygens (including phenoxy) is 1. The fourth-order valence-corrected chi connectivity index (χ4v) is 3.55. The normalized spacial score (nSPS) is 10.6. The minimum Gasteiger partial charge on any atom is -0.488 e. The van der Waals surface area contributed by atoms with Crippen molar-refractivity contribution in [3.05, 3.63) is 88.2 Å². The van der Waals surface area contributed by atoms with Crippen LogP contribution in [0.15, 0.2) is 67.0 Å². The van der Waals surface area contributed by atoms with Crippen molar-refractivity contribution in [3.63, 3.8) is 0 Å². The van der Waals surface area contributed by atoms with Gasteiger partial charge in [0.05, 0.1) is 16.2 Å². The van der Waals surface area contributed by atoms with Crippen molar-refractivity contribution < 1.29 is 9.66 Å². The highest BCUT2D eigenvalue weighted by Crippen LogP contribution is 2.35. The molecule has 30 heavy (non-hydrogen) atoms. The van der Waals surface area contributed by atoms with Gasteiger partial charge >= 0.3 is 0 Å². The lowest BCUT2D eigenvalue weighted by molar-refractivity contribution is -0.384. The quantitative estimate of drug-likeness (QED) is 0.327. The summed E-state index contributed by atoms with van der Waals surface area (Å²) in [5, 5.41) is 23.8. The molecule has 0 fully saturated rings. The summed E-state index contributed by atoms with van der Waals surface area (Å²) in [5.41, 5.74) is 3.35. The number of para-hydroxylation sites is 1. The van der Waals surface area contributed by atoms with Crippen molar-refractivity contribution in [2.24, 2.45) is 0 Å². The van der Waals surface area contributed by atoms with Gasteiger partial charge in [0.2, 0.25) is 5.13 Å².